The van der Waals surface area contributed by atoms with Crippen molar-refractivity contribution < 1.29 is 14.6 Å². The number of methoxy groups -OCH3 is 1. The van der Waals surface area contributed by atoms with Crippen molar-refractivity contribution in [2.24, 2.45) is 11.8 Å². The van der Waals surface area contributed by atoms with Gasteiger partial charge in [-0.3, -0.25) is 4.79 Å². The van der Waals surface area contributed by atoms with Crippen molar-refractivity contribution in [1.82, 2.24) is 0 Å². The van der Waals surface area contributed by atoms with E-state index in [1.54, 1.807) is 7.11 Å². The zero-order valence-electron chi connectivity index (χ0n) is 6.75. The van der Waals surface area contributed by atoms with Gasteiger partial charge in [-0.05, 0) is 25.2 Å². The van der Waals surface area contributed by atoms with Crippen LogP contribution in [0.2, 0.25) is 0 Å². The van der Waals surface area contributed by atoms with Gasteiger partial charge in [0.15, 0.2) is 0 Å². The van der Waals surface area contributed by atoms with Gasteiger partial charge in [0, 0.05) is 13.7 Å². The lowest BCUT2D eigenvalue weighted by molar-refractivity contribution is -0.141. The first-order valence-corrected chi connectivity index (χ1v) is 3.95. The van der Waals surface area contributed by atoms with Gasteiger partial charge in [-0.25, -0.2) is 0 Å². The monoisotopic (exact) mass is 158 g/mol. The molecule has 0 unspecified atom stereocenters. The van der Waals surface area contributed by atoms with Gasteiger partial charge in [-0.1, -0.05) is 0 Å². The van der Waals surface area contributed by atoms with E-state index in [-0.39, 0.29) is 5.92 Å². The Morgan fingerprint density at radius 1 is 1.64 bits per heavy atom. The first-order chi connectivity index (χ1) is 5.24. The van der Waals surface area contributed by atoms with Crippen molar-refractivity contribution in [3.63, 3.8) is 0 Å². The van der Waals surface area contributed by atoms with Crippen LogP contribution >= 0.6 is 0 Å². The van der Waals surface area contributed by atoms with Crippen molar-refractivity contribution in [2.45, 2.75) is 19.3 Å². The molecule has 0 bridgehead atoms. The van der Waals surface area contributed by atoms with Crippen LogP contribution in [0, 0.1) is 11.8 Å². The second kappa shape index (κ2) is 3.72. The van der Waals surface area contributed by atoms with Crippen LogP contribution in [0.25, 0.3) is 0 Å². The summed E-state index contributed by atoms with van der Waals surface area (Å²) in [6.07, 6.45) is 2.62. The summed E-state index contributed by atoms with van der Waals surface area (Å²) in [7, 11) is 1.66. The van der Waals surface area contributed by atoms with Crippen LogP contribution in [-0.4, -0.2) is 24.8 Å². The SMILES string of the molecule is COC[C@H]1CC[C@@H](C(=O)O)C1. The molecule has 0 saturated heterocycles. The molecule has 0 spiro atoms. The Hall–Kier alpha value is -0.570. The fourth-order valence-corrected chi connectivity index (χ4v) is 1.69. The molecule has 1 rings (SSSR count). The first-order valence-electron chi connectivity index (χ1n) is 3.95. The topological polar surface area (TPSA) is 46.5 Å². The van der Waals surface area contributed by atoms with Crippen LogP contribution in [0.3, 0.4) is 0 Å². The normalized spacial score (nSPS) is 30.6. The van der Waals surface area contributed by atoms with Gasteiger partial charge in [0.05, 0.1) is 5.92 Å². The quantitative estimate of drug-likeness (QED) is 0.669. The zero-order valence-corrected chi connectivity index (χ0v) is 6.75. The highest BCUT2D eigenvalue weighted by atomic mass is 16.5. The molecule has 0 aromatic carbocycles. The fraction of sp³-hybridized carbons (Fsp3) is 0.875. The lowest BCUT2D eigenvalue weighted by atomic mass is 10.1. The van der Waals surface area contributed by atoms with E-state index in [9.17, 15) is 4.79 Å². The van der Waals surface area contributed by atoms with E-state index in [4.69, 9.17) is 9.84 Å². The summed E-state index contributed by atoms with van der Waals surface area (Å²) in [5.74, 6) is -0.292. The Bertz CT molecular complexity index is 144. The Morgan fingerprint density at radius 3 is 2.82 bits per heavy atom. The van der Waals surface area contributed by atoms with E-state index in [0.717, 1.165) is 19.3 Å². The third-order valence-corrected chi connectivity index (χ3v) is 2.29. The number of carboxylic acids is 1. The van der Waals surface area contributed by atoms with E-state index >= 15 is 0 Å². The van der Waals surface area contributed by atoms with Crippen LogP contribution in [-0.2, 0) is 9.53 Å². The highest BCUT2D eigenvalue weighted by molar-refractivity contribution is 5.70. The summed E-state index contributed by atoms with van der Waals surface area (Å²) in [4.78, 5) is 10.5. The average molecular weight is 158 g/mol. The molecule has 1 fully saturated rings. The summed E-state index contributed by atoms with van der Waals surface area (Å²) in [5, 5.41) is 8.66. The number of rotatable bonds is 3. The minimum absolute atomic E-state index is 0.116. The Morgan fingerprint density at radius 2 is 2.36 bits per heavy atom. The van der Waals surface area contributed by atoms with Crippen molar-refractivity contribution in [3.8, 4) is 0 Å². The molecule has 0 aromatic rings. The number of hydrogen-bond donors (Lipinski definition) is 1. The molecule has 11 heavy (non-hydrogen) atoms. The van der Waals surface area contributed by atoms with Gasteiger partial charge in [0.25, 0.3) is 0 Å². The van der Waals surface area contributed by atoms with E-state index < -0.39 is 5.97 Å². The Balaban J connectivity index is 2.29. The number of carboxylic acid groups (broad SMARTS) is 1. The van der Waals surface area contributed by atoms with Crippen molar-refractivity contribution in [3.05, 3.63) is 0 Å². The summed E-state index contributed by atoms with van der Waals surface area (Å²) < 4.78 is 4.96. The molecule has 2 atom stereocenters. The highest BCUT2D eigenvalue weighted by Crippen LogP contribution is 2.30. The zero-order chi connectivity index (χ0) is 8.27. The summed E-state index contributed by atoms with van der Waals surface area (Å²) in [6, 6.07) is 0. The number of carbonyl (C=O) groups is 1. The van der Waals surface area contributed by atoms with E-state index in [1.165, 1.54) is 0 Å². The molecule has 0 amide bonds. The number of hydrogen-bond acceptors (Lipinski definition) is 2. The maximum atomic E-state index is 10.5. The molecule has 1 aliphatic rings. The van der Waals surface area contributed by atoms with Crippen LogP contribution in [0.1, 0.15) is 19.3 Å². The molecular formula is C8H14O3. The van der Waals surface area contributed by atoms with Crippen LogP contribution < -0.4 is 0 Å². The largest absolute Gasteiger partial charge is 0.481 e. The van der Waals surface area contributed by atoms with E-state index in [2.05, 4.69) is 0 Å². The van der Waals surface area contributed by atoms with Gasteiger partial charge < -0.3 is 9.84 Å². The maximum Gasteiger partial charge on any atom is 0.306 e. The third kappa shape index (κ3) is 2.19. The van der Waals surface area contributed by atoms with Crippen molar-refractivity contribution in [2.75, 3.05) is 13.7 Å². The third-order valence-electron chi connectivity index (χ3n) is 2.29. The molecule has 3 heteroatoms. The molecule has 0 heterocycles. The van der Waals surface area contributed by atoms with Crippen molar-refractivity contribution in [1.29, 1.82) is 0 Å². The van der Waals surface area contributed by atoms with Gasteiger partial charge in [-0.15, -0.1) is 0 Å². The molecule has 0 aliphatic heterocycles. The van der Waals surface area contributed by atoms with Crippen LogP contribution in [0.4, 0.5) is 0 Å². The summed E-state index contributed by atoms with van der Waals surface area (Å²) >= 11 is 0. The molecule has 1 saturated carbocycles. The average Bonchev–Trinajstić information content (AvgIpc) is 2.37. The second-order valence-electron chi connectivity index (χ2n) is 3.17. The minimum atomic E-state index is -0.649. The summed E-state index contributed by atoms with van der Waals surface area (Å²) in [5.41, 5.74) is 0. The Labute approximate surface area is 66.4 Å². The summed E-state index contributed by atoms with van der Waals surface area (Å²) in [6.45, 7) is 0.712. The van der Waals surface area contributed by atoms with E-state index in [1.807, 2.05) is 0 Å². The first kappa shape index (κ1) is 8.53. The van der Waals surface area contributed by atoms with Gasteiger partial charge in [0.1, 0.15) is 0 Å². The molecule has 64 valence electrons. The lowest BCUT2D eigenvalue weighted by Crippen LogP contribution is -2.11. The second-order valence-corrected chi connectivity index (χ2v) is 3.17. The molecule has 1 aliphatic carbocycles. The maximum absolute atomic E-state index is 10.5. The highest BCUT2D eigenvalue weighted by Gasteiger charge is 2.29. The molecular weight excluding hydrogens is 144 g/mol. The lowest BCUT2D eigenvalue weighted by Gasteiger charge is -2.06. The molecule has 1 N–H and O–H groups in total. The van der Waals surface area contributed by atoms with E-state index in [0.29, 0.717) is 12.5 Å². The van der Waals surface area contributed by atoms with Crippen LogP contribution in [0.15, 0.2) is 0 Å². The number of aliphatic carboxylic acids is 1. The fourth-order valence-electron chi connectivity index (χ4n) is 1.69. The number of ether oxygens (including phenoxy) is 1. The predicted molar refractivity (Wildman–Crippen MR) is 40.3 cm³/mol. The van der Waals surface area contributed by atoms with Crippen LogP contribution in [0.5, 0.6) is 0 Å². The standard InChI is InChI=1S/C8H14O3/c1-11-5-6-2-3-7(4-6)8(9)10/h6-7H,2-5H2,1H3,(H,9,10)/t6-,7+/m0/s1. The van der Waals surface area contributed by atoms with Crippen molar-refractivity contribution >= 4 is 5.97 Å². The minimum Gasteiger partial charge on any atom is -0.481 e. The molecule has 0 aromatic heterocycles. The van der Waals surface area contributed by atoms with Gasteiger partial charge in [0.2, 0.25) is 0 Å². The Kier molecular flexibility index (Phi) is 2.88. The predicted octanol–water partition coefficient (Wildman–Crippen LogP) is 1.13. The molecule has 3 nitrogen and oxygen atoms in total. The van der Waals surface area contributed by atoms with Gasteiger partial charge in [-0.2, -0.15) is 0 Å². The van der Waals surface area contributed by atoms with Gasteiger partial charge >= 0.3 is 5.97 Å². The smallest absolute Gasteiger partial charge is 0.306 e. The molecule has 0 radical (unpaired) electrons.